The third-order valence-corrected chi connectivity index (χ3v) is 4.99. The highest BCUT2D eigenvalue weighted by Gasteiger charge is 2.25. The normalized spacial score (nSPS) is 15.8. The van der Waals surface area contributed by atoms with Gasteiger partial charge in [-0.1, -0.05) is 42.0 Å². The molecule has 0 aliphatic carbocycles. The van der Waals surface area contributed by atoms with Crippen molar-refractivity contribution in [1.29, 1.82) is 0 Å². The van der Waals surface area contributed by atoms with Gasteiger partial charge in [-0.25, -0.2) is 0 Å². The zero-order valence-electron chi connectivity index (χ0n) is 15.7. The second-order valence-electron chi connectivity index (χ2n) is 7.16. The molecule has 0 aromatic heterocycles. The molecule has 2 aromatic carbocycles. The van der Waals surface area contributed by atoms with Crippen LogP contribution in [-0.2, 0) is 22.7 Å². The first kappa shape index (κ1) is 18.6. The Morgan fingerprint density at radius 3 is 2.54 bits per heavy atom. The van der Waals surface area contributed by atoms with E-state index < -0.39 is 0 Å². The molecule has 138 valence electrons. The van der Waals surface area contributed by atoms with Crippen LogP contribution < -0.4 is 5.32 Å². The molecule has 1 N–H and O–H groups in total. The van der Waals surface area contributed by atoms with E-state index in [1.165, 1.54) is 11.1 Å². The van der Waals surface area contributed by atoms with Crippen molar-refractivity contribution < 1.29 is 9.53 Å². The highest BCUT2D eigenvalue weighted by atomic mass is 16.5. The van der Waals surface area contributed by atoms with Crippen molar-refractivity contribution in [2.45, 2.75) is 32.9 Å². The Bertz CT molecular complexity index is 719. The first-order chi connectivity index (χ1) is 12.6. The van der Waals surface area contributed by atoms with Gasteiger partial charge in [-0.3, -0.25) is 9.69 Å². The number of aryl methyl sites for hydroxylation is 1. The first-order valence-electron chi connectivity index (χ1n) is 9.30. The predicted octanol–water partition coefficient (Wildman–Crippen LogP) is 3.99. The molecule has 0 bridgehead atoms. The SMILES string of the molecule is COCc1cccc(NC(=O)C2CCN(Cc3ccc(C)cc3)CC2)c1. The number of methoxy groups -OCH3 is 1. The average molecular weight is 352 g/mol. The number of amides is 1. The van der Waals surface area contributed by atoms with Gasteiger partial charge in [0.15, 0.2) is 0 Å². The lowest BCUT2D eigenvalue weighted by Gasteiger charge is -2.31. The monoisotopic (exact) mass is 352 g/mol. The van der Waals surface area contributed by atoms with Gasteiger partial charge in [-0.15, -0.1) is 0 Å². The summed E-state index contributed by atoms with van der Waals surface area (Å²) in [6.07, 6.45) is 1.82. The lowest BCUT2D eigenvalue weighted by molar-refractivity contribution is -0.121. The Labute approximate surface area is 156 Å². The summed E-state index contributed by atoms with van der Waals surface area (Å²) in [6.45, 7) is 5.57. The Kier molecular flexibility index (Phi) is 6.42. The number of anilines is 1. The summed E-state index contributed by atoms with van der Waals surface area (Å²) >= 11 is 0. The van der Waals surface area contributed by atoms with Crippen molar-refractivity contribution in [3.63, 3.8) is 0 Å². The van der Waals surface area contributed by atoms with Crippen LogP contribution in [0.15, 0.2) is 48.5 Å². The van der Waals surface area contributed by atoms with Crippen molar-refractivity contribution in [3.05, 3.63) is 65.2 Å². The molecule has 0 spiro atoms. The number of nitrogens with zero attached hydrogens (tertiary/aromatic N) is 1. The fourth-order valence-corrected chi connectivity index (χ4v) is 3.45. The molecule has 0 unspecified atom stereocenters. The van der Waals surface area contributed by atoms with Gasteiger partial charge in [0.1, 0.15) is 0 Å². The highest BCUT2D eigenvalue weighted by molar-refractivity contribution is 5.92. The largest absolute Gasteiger partial charge is 0.380 e. The van der Waals surface area contributed by atoms with Gasteiger partial charge < -0.3 is 10.1 Å². The van der Waals surface area contributed by atoms with E-state index in [9.17, 15) is 4.79 Å². The Hall–Kier alpha value is -2.17. The van der Waals surface area contributed by atoms with Crippen LogP contribution >= 0.6 is 0 Å². The van der Waals surface area contributed by atoms with Crippen molar-refractivity contribution >= 4 is 11.6 Å². The van der Waals surface area contributed by atoms with Gasteiger partial charge in [0, 0.05) is 25.3 Å². The van der Waals surface area contributed by atoms with Gasteiger partial charge in [0.2, 0.25) is 5.91 Å². The number of hydrogen-bond donors (Lipinski definition) is 1. The number of carbonyl (C=O) groups excluding carboxylic acids is 1. The number of benzene rings is 2. The van der Waals surface area contributed by atoms with E-state index in [2.05, 4.69) is 41.4 Å². The van der Waals surface area contributed by atoms with Crippen LogP contribution in [0.1, 0.15) is 29.5 Å². The van der Waals surface area contributed by atoms with Crippen LogP contribution in [-0.4, -0.2) is 31.0 Å². The Morgan fingerprint density at radius 2 is 1.85 bits per heavy atom. The fraction of sp³-hybridized carbons (Fsp3) is 0.409. The molecule has 1 amide bonds. The third-order valence-electron chi connectivity index (χ3n) is 4.99. The van der Waals surface area contributed by atoms with Crippen molar-refractivity contribution in [3.8, 4) is 0 Å². The second-order valence-corrected chi connectivity index (χ2v) is 7.16. The van der Waals surface area contributed by atoms with E-state index in [1.54, 1.807) is 7.11 Å². The minimum absolute atomic E-state index is 0.0929. The van der Waals surface area contributed by atoms with E-state index in [0.29, 0.717) is 6.61 Å². The maximum absolute atomic E-state index is 12.6. The minimum Gasteiger partial charge on any atom is -0.380 e. The summed E-state index contributed by atoms with van der Waals surface area (Å²) < 4.78 is 5.15. The van der Waals surface area contributed by atoms with E-state index in [4.69, 9.17) is 4.74 Å². The molecule has 1 aliphatic heterocycles. The number of rotatable bonds is 6. The molecule has 1 saturated heterocycles. The van der Waals surface area contributed by atoms with E-state index in [0.717, 1.165) is 43.7 Å². The Morgan fingerprint density at radius 1 is 1.12 bits per heavy atom. The molecular formula is C22H28N2O2. The molecule has 1 fully saturated rings. The van der Waals surface area contributed by atoms with E-state index in [1.807, 2.05) is 24.3 Å². The van der Waals surface area contributed by atoms with Crippen LogP contribution in [0.2, 0.25) is 0 Å². The van der Waals surface area contributed by atoms with Crippen LogP contribution in [0.25, 0.3) is 0 Å². The van der Waals surface area contributed by atoms with Crippen LogP contribution in [0.4, 0.5) is 5.69 Å². The zero-order chi connectivity index (χ0) is 18.4. The topological polar surface area (TPSA) is 41.6 Å². The molecule has 2 aromatic rings. The number of carbonyl (C=O) groups is 1. The Balaban J connectivity index is 1.48. The lowest BCUT2D eigenvalue weighted by Crippen LogP contribution is -2.37. The van der Waals surface area contributed by atoms with Gasteiger partial charge in [-0.05, 0) is 56.1 Å². The summed E-state index contributed by atoms with van der Waals surface area (Å²) in [5.41, 5.74) is 4.55. The molecule has 26 heavy (non-hydrogen) atoms. The van der Waals surface area contributed by atoms with Crippen LogP contribution in [0, 0.1) is 12.8 Å². The van der Waals surface area contributed by atoms with Crippen LogP contribution in [0.3, 0.4) is 0 Å². The van der Waals surface area contributed by atoms with Crippen LogP contribution in [0.5, 0.6) is 0 Å². The fourth-order valence-electron chi connectivity index (χ4n) is 3.45. The molecule has 1 aliphatic rings. The number of likely N-dealkylation sites (tertiary alicyclic amines) is 1. The molecule has 1 heterocycles. The summed E-state index contributed by atoms with van der Waals surface area (Å²) in [5.74, 6) is 0.227. The smallest absolute Gasteiger partial charge is 0.227 e. The van der Waals surface area contributed by atoms with Crippen molar-refractivity contribution in [2.24, 2.45) is 5.92 Å². The van der Waals surface area contributed by atoms with E-state index in [-0.39, 0.29) is 11.8 Å². The molecule has 0 saturated carbocycles. The minimum atomic E-state index is 0.0929. The number of nitrogens with one attached hydrogen (secondary N) is 1. The van der Waals surface area contributed by atoms with Gasteiger partial charge in [-0.2, -0.15) is 0 Å². The first-order valence-corrected chi connectivity index (χ1v) is 9.30. The average Bonchev–Trinajstić information content (AvgIpc) is 2.65. The van der Waals surface area contributed by atoms with Gasteiger partial charge in [0.05, 0.1) is 6.61 Å². The lowest BCUT2D eigenvalue weighted by atomic mass is 9.95. The molecule has 4 nitrogen and oxygen atoms in total. The number of piperidine rings is 1. The van der Waals surface area contributed by atoms with Crippen molar-refractivity contribution in [1.82, 2.24) is 4.90 Å². The summed E-state index contributed by atoms with van der Waals surface area (Å²) in [6, 6.07) is 16.6. The molecule has 0 radical (unpaired) electrons. The predicted molar refractivity (Wildman–Crippen MR) is 105 cm³/mol. The maximum atomic E-state index is 12.6. The number of ether oxygens (including phenoxy) is 1. The summed E-state index contributed by atoms with van der Waals surface area (Å²) in [5, 5.41) is 3.07. The van der Waals surface area contributed by atoms with Crippen molar-refractivity contribution in [2.75, 3.05) is 25.5 Å². The molecular weight excluding hydrogens is 324 g/mol. The molecule has 0 atom stereocenters. The summed E-state index contributed by atoms with van der Waals surface area (Å²) in [7, 11) is 1.68. The van der Waals surface area contributed by atoms with Gasteiger partial charge >= 0.3 is 0 Å². The highest BCUT2D eigenvalue weighted by Crippen LogP contribution is 2.21. The third kappa shape index (κ3) is 5.16. The molecule has 4 heteroatoms. The van der Waals surface area contributed by atoms with E-state index >= 15 is 0 Å². The quantitative estimate of drug-likeness (QED) is 0.855. The molecule has 3 rings (SSSR count). The van der Waals surface area contributed by atoms with Gasteiger partial charge in [0.25, 0.3) is 0 Å². The maximum Gasteiger partial charge on any atom is 0.227 e. The second kappa shape index (κ2) is 8.97. The zero-order valence-corrected chi connectivity index (χ0v) is 15.7. The number of hydrogen-bond acceptors (Lipinski definition) is 3. The standard InChI is InChI=1S/C22H28N2O2/c1-17-6-8-18(9-7-17)15-24-12-10-20(11-13-24)22(25)23-21-5-3-4-19(14-21)16-26-2/h3-9,14,20H,10-13,15-16H2,1-2H3,(H,23,25). The summed E-state index contributed by atoms with van der Waals surface area (Å²) in [4.78, 5) is 15.0.